The summed E-state index contributed by atoms with van der Waals surface area (Å²) in [5.41, 5.74) is -18.2. The summed E-state index contributed by atoms with van der Waals surface area (Å²) in [4.78, 5) is 0. The second-order valence-corrected chi connectivity index (χ2v) is 11.2. The largest absolute Gasteiger partial charge is 0.381 e. The van der Waals surface area contributed by atoms with E-state index in [0.717, 1.165) is 0 Å². The minimum absolute atomic E-state index is 0.0141. The van der Waals surface area contributed by atoms with Gasteiger partial charge in [-0.25, -0.2) is 0 Å². The molecule has 0 radical (unpaired) electrons. The van der Waals surface area contributed by atoms with Gasteiger partial charge in [0.05, 0.1) is 36.6 Å². The Morgan fingerprint density at radius 3 is 0.476 bits per heavy atom. The molecule has 1 saturated carbocycles. The highest BCUT2D eigenvalue weighted by atomic mass is 16.6. The van der Waals surface area contributed by atoms with Gasteiger partial charge in [0.2, 0.25) is 0 Å². The molecule has 6 unspecified atom stereocenters. The molecule has 12 heteroatoms. The number of hydrogen-bond donors (Lipinski definition) is 6. The van der Waals surface area contributed by atoms with Crippen LogP contribution < -0.4 is 0 Å². The summed E-state index contributed by atoms with van der Waals surface area (Å²) >= 11 is 0. The molecule has 1 aliphatic rings. The molecule has 1 rings (SSSR count). The van der Waals surface area contributed by atoms with Crippen LogP contribution in [0.15, 0.2) is 0 Å². The van der Waals surface area contributed by atoms with Crippen LogP contribution in [0.25, 0.3) is 0 Å². The van der Waals surface area contributed by atoms with Crippen molar-refractivity contribution in [2.24, 2.45) is 0 Å². The Kier molecular flexibility index (Phi) is 13.9. The Balaban J connectivity index is 4.84. The molecule has 0 saturated heterocycles. The van der Waals surface area contributed by atoms with Gasteiger partial charge in [-0.15, -0.1) is 0 Å². The van der Waals surface area contributed by atoms with Crippen molar-refractivity contribution >= 4 is 0 Å². The van der Waals surface area contributed by atoms with E-state index in [1.807, 2.05) is 0 Å². The Bertz CT molecular complexity index is 640. The Morgan fingerprint density at radius 2 is 0.405 bits per heavy atom. The SMILES string of the molecule is CCOC(C)C1(O)C(O)(C(C)OCC)C(O)(C(C)OCC)C(O)(C(C)OCC)C(O)(C(C)OCC)C1(O)C(C)OCC. The van der Waals surface area contributed by atoms with E-state index in [9.17, 15) is 30.6 Å². The average Bonchev–Trinajstić information content (AvgIpc) is 2.94. The predicted octanol–water partition coefficient (Wildman–Crippen LogP) is 0.937. The summed E-state index contributed by atoms with van der Waals surface area (Å²) in [7, 11) is 0. The van der Waals surface area contributed by atoms with Gasteiger partial charge in [-0.3, -0.25) is 0 Å². The van der Waals surface area contributed by atoms with E-state index < -0.39 is 70.2 Å². The quantitative estimate of drug-likeness (QED) is 0.129. The van der Waals surface area contributed by atoms with Crippen LogP contribution >= 0.6 is 0 Å². The molecule has 0 aromatic rings. The van der Waals surface area contributed by atoms with E-state index in [1.54, 1.807) is 41.5 Å². The maximum absolute atomic E-state index is 13.2. The molecule has 0 heterocycles. The minimum atomic E-state index is -3.03. The molecular weight excluding hydrogens is 552 g/mol. The van der Waals surface area contributed by atoms with E-state index in [0.29, 0.717) is 0 Å². The molecule has 0 spiro atoms. The maximum Gasteiger partial charge on any atom is 0.159 e. The Hall–Kier alpha value is -0.480. The average molecular weight is 613 g/mol. The summed E-state index contributed by atoms with van der Waals surface area (Å²) in [6, 6.07) is 0. The summed E-state index contributed by atoms with van der Waals surface area (Å²) in [5, 5.41) is 79.1. The molecule has 42 heavy (non-hydrogen) atoms. The molecule has 0 aromatic heterocycles. The number of rotatable bonds is 18. The smallest absolute Gasteiger partial charge is 0.159 e. The first-order chi connectivity index (χ1) is 19.4. The van der Waals surface area contributed by atoms with E-state index >= 15 is 0 Å². The molecule has 0 aliphatic heterocycles. The third-order valence-electron chi connectivity index (χ3n) is 9.52. The van der Waals surface area contributed by atoms with Gasteiger partial charge in [-0.2, -0.15) is 0 Å². The summed E-state index contributed by atoms with van der Waals surface area (Å²) in [6.07, 6.45) is -9.02. The lowest BCUT2D eigenvalue weighted by atomic mass is 9.38. The summed E-state index contributed by atoms with van der Waals surface area (Å²) < 4.78 is 35.3. The second-order valence-electron chi connectivity index (χ2n) is 11.2. The van der Waals surface area contributed by atoms with Crippen LogP contribution in [0.1, 0.15) is 83.1 Å². The summed E-state index contributed by atoms with van der Waals surface area (Å²) in [5.74, 6) is 0. The van der Waals surface area contributed by atoms with Crippen LogP contribution in [0.5, 0.6) is 0 Å². The van der Waals surface area contributed by atoms with Crippen molar-refractivity contribution in [2.75, 3.05) is 39.6 Å². The van der Waals surface area contributed by atoms with Crippen molar-refractivity contribution in [2.45, 2.75) is 153 Å². The first-order valence-electron chi connectivity index (χ1n) is 15.4. The van der Waals surface area contributed by atoms with Crippen molar-refractivity contribution in [3.05, 3.63) is 0 Å². The molecule has 6 atom stereocenters. The lowest BCUT2D eigenvalue weighted by Crippen LogP contribution is -3.04. The fourth-order valence-electron chi connectivity index (χ4n) is 7.69. The van der Waals surface area contributed by atoms with Gasteiger partial charge in [-0.05, 0) is 83.1 Å². The molecule has 1 fully saturated rings. The van der Waals surface area contributed by atoms with Gasteiger partial charge in [0, 0.05) is 39.6 Å². The van der Waals surface area contributed by atoms with Crippen LogP contribution in [0.3, 0.4) is 0 Å². The van der Waals surface area contributed by atoms with Crippen molar-refractivity contribution in [1.82, 2.24) is 0 Å². The number of hydrogen-bond acceptors (Lipinski definition) is 12. The van der Waals surface area contributed by atoms with Crippen LogP contribution in [0, 0.1) is 0 Å². The monoisotopic (exact) mass is 612 g/mol. The maximum atomic E-state index is 13.2. The Labute approximate surface area is 252 Å². The third-order valence-corrected chi connectivity index (χ3v) is 9.52. The fourth-order valence-corrected chi connectivity index (χ4v) is 7.69. The lowest BCUT2D eigenvalue weighted by molar-refractivity contribution is -0.500. The molecule has 252 valence electrons. The molecule has 12 nitrogen and oxygen atoms in total. The molecule has 1 aliphatic carbocycles. The predicted molar refractivity (Wildman–Crippen MR) is 156 cm³/mol. The molecule has 0 aromatic carbocycles. The topological polar surface area (TPSA) is 177 Å². The van der Waals surface area contributed by atoms with Gasteiger partial charge in [0.15, 0.2) is 33.6 Å². The van der Waals surface area contributed by atoms with Crippen LogP contribution in [-0.2, 0) is 28.4 Å². The normalized spacial score (nSPS) is 39.9. The first kappa shape index (κ1) is 39.5. The number of ether oxygens (including phenoxy) is 6. The van der Waals surface area contributed by atoms with Crippen LogP contribution in [0.4, 0.5) is 0 Å². The van der Waals surface area contributed by atoms with E-state index in [2.05, 4.69) is 0 Å². The van der Waals surface area contributed by atoms with Gasteiger partial charge < -0.3 is 59.1 Å². The minimum Gasteiger partial charge on any atom is -0.381 e. The molecule has 0 bridgehead atoms. The van der Waals surface area contributed by atoms with Crippen molar-refractivity contribution in [1.29, 1.82) is 0 Å². The zero-order valence-corrected chi connectivity index (χ0v) is 27.8. The van der Waals surface area contributed by atoms with Crippen LogP contribution in [-0.4, -0.2) is 141 Å². The van der Waals surface area contributed by atoms with Gasteiger partial charge >= 0.3 is 0 Å². The second kappa shape index (κ2) is 14.7. The highest BCUT2D eigenvalue weighted by Gasteiger charge is 2.94. The fraction of sp³-hybridized carbons (Fsp3) is 1.00. The van der Waals surface area contributed by atoms with Crippen molar-refractivity contribution in [3.8, 4) is 0 Å². The summed E-state index contributed by atoms with van der Waals surface area (Å²) in [6.45, 7) is 18.3. The number of aliphatic hydroxyl groups is 6. The van der Waals surface area contributed by atoms with Gasteiger partial charge in [-0.1, -0.05) is 0 Å². The van der Waals surface area contributed by atoms with Gasteiger partial charge in [0.25, 0.3) is 0 Å². The van der Waals surface area contributed by atoms with E-state index in [4.69, 9.17) is 28.4 Å². The van der Waals surface area contributed by atoms with Crippen LogP contribution in [0.2, 0.25) is 0 Å². The highest BCUT2D eigenvalue weighted by molar-refractivity contribution is 5.44. The first-order valence-corrected chi connectivity index (χ1v) is 15.4. The Morgan fingerprint density at radius 1 is 0.310 bits per heavy atom. The zero-order chi connectivity index (χ0) is 32.9. The van der Waals surface area contributed by atoms with Crippen molar-refractivity contribution in [3.63, 3.8) is 0 Å². The molecule has 0 amide bonds. The lowest BCUT2D eigenvalue weighted by Gasteiger charge is -2.76. The van der Waals surface area contributed by atoms with Crippen molar-refractivity contribution < 1.29 is 59.1 Å². The molecule has 6 N–H and O–H groups in total. The van der Waals surface area contributed by atoms with E-state index in [-0.39, 0.29) is 39.6 Å². The molecular formula is C30H60O12. The standard InChI is InChI=1S/C30H60O12/c1-13-37-19(7)25(31)26(32,20(8)38-14-2)28(34,22(10)40-16-4)30(36,24(12)42-18-6)29(35,23(11)41-17-5)27(25,33)21(9)39-15-3/h19-24,31-36H,13-18H2,1-12H3. The van der Waals surface area contributed by atoms with E-state index in [1.165, 1.54) is 41.5 Å². The zero-order valence-electron chi connectivity index (χ0n) is 27.8. The highest BCUT2D eigenvalue weighted by Crippen LogP contribution is 2.66. The third kappa shape index (κ3) is 5.07. The van der Waals surface area contributed by atoms with Gasteiger partial charge in [0.1, 0.15) is 0 Å².